The zero-order valence-corrected chi connectivity index (χ0v) is 16.1. The smallest absolute Gasteiger partial charge is 0.233 e. The van der Waals surface area contributed by atoms with E-state index in [0.717, 1.165) is 18.5 Å². The number of carbonyl (C=O) groups excluding carboxylic acids is 2. The lowest BCUT2D eigenvalue weighted by Crippen LogP contribution is -2.48. The molecule has 2 aromatic rings. The molecule has 1 aliphatic heterocycles. The Balaban J connectivity index is 1.69. The predicted octanol–water partition coefficient (Wildman–Crippen LogP) is 2.75. The number of amides is 1. The van der Waals surface area contributed by atoms with Crippen molar-refractivity contribution in [1.82, 2.24) is 25.1 Å². The molecule has 1 saturated heterocycles. The standard InChI is InChI=1S/C18H23N5O2S/c1-12-5-4-6-13(2)22(12)17(25)11-26-18-19-20-21-23(18)16-9-7-15(8-10-16)14(3)24/h7-10,12-13H,4-6,11H2,1-3H3. The minimum atomic E-state index is 0.0123. The van der Waals surface area contributed by atoms with Crippen molar-refractivity contribution in [2.45, 2.75) is 57.3 Å². The fraction of sp³-hybridized carbons (Fsp3) is 0.500. The normalized spacial score (nSPS) is 20.2. The fourth-order valence-corrected chi connectivity index (χ4v) is 4.14. The highest BCUT2D eigenvalue weighted by Crippen LogP contribution is 2.25. The van der Waals surface area contributed by atoms with Crippen LogP contribution in [0.1, 0.15) is 50.4 Å². The number of hydrogen-bond donors (Lipinski definition) is 0. The zero-order valence-electron chi connectivity index (χ0n) is 15.3. The number of aromatic nitrogens is 4. The Kier molecular flexibility index (Phi) is 5.70. The van der Waals surface area contributed by atoms with Gasteiger partial charge in [0.25, 0.3) is 0 Å². The number of tetrazole rings is 1. The summed E-state index contributed by atoms with van der Waals surface area (Å²) in [5, 5.41) is 12.3. The summed E-state index contributed by atoms with van der Waals surface area (Å²) in [6, 6.07) is 7.65. The minimum absolute atomic E-state index is 0.0123. The van der Waals surface area contributed by atoms with Crippen LogP contribution in [0.5, 0.6) is 0 Å². The van der Waals surface area contributed by atoms with E-state index < -0.39 is 0 Å². The average molecular weight is 373 g/mol. The van der Waals surface area contributed by atoms with Crippen LogP contribution in [-0.4, -0.2) is 54.6 Å². The summed E-state index contributed by atoms with van der Waals surface area (Å²) in [6.45, 7) is 5.75. The van der Waals surface area contributed by atoms with E-state index >= 15 is 0 Å². The third-order valence-electron chi connectivity index (χ3n) is 4.77. The van der Waals surface area contributed by atoms with Gasteiger partial charge in [-0.05, 0) is 74.7 Å². The van der Waals surface area contributed by atoms with Crippen LogP contribution in [0.25, 0.3) is 5.69 Å². The van der Waals surface area contributed by atoms with E-state index in [4.69, 9.17) is 0 Å². The summed E-state index contributed by atoms with van der Waals surface area (Å²) < 4.78 is 1.59. The molecule has 0 aliphatic carbocycles. The SMILES string of the molecule is CC(=O)c1ccc(-n2nnnc2SCC(=O)N2C(C)CCCC2C)cc1. The molecule has 26 heavy (non-hydrogen) atoms. The molecule has 0 N–H and O–H groups in total. The van der Waals surface area contributed by atoms with Gasteiger partial charge in [0.05, 0.1) is 11.4 Å². The van der Waals surface area contributed by atoms with Crippen molar-refractivity contribution in [3.05, 3.63) is 29.8 Å². The summed E-state index contributed by atoms with van der Waals surface area (Å²) >= 11 is 1.33. The highest BCUT2D eigenvalue weighted by Gasteiger charge is 2.29. The van der Waals surface area contributed by atoms with Gasteiger partial charge in [0.15, 0.2) is 5.78 Å². The van der Waals surface area contributed by atoms with Crippen molar-refractivity contribution in [2.75, 3.05) is 5.75 Å². The van der Waals surface area contributed by atoms with Crippen LogP contribution in [0.15, 0.2) is 29.4 Å². The van der Waals surface area contributed by atoms with Gasteiger partial charge < -0.3 is 4.90 Å². The summed E-state index contributed by atoms with van der Waals surface area (Å²) in [7, 11) is 0. The van der Waals surface area contributed by atoms with Gasteiger partial charge in [-0.1, -0.05) is 11.8 Å². The monoisotopic (exact) mass is 373 g/mol. The maximum Gasteiger partial charge on any atom is 0.233 e. The highest BCUT2D eigenvalue weighted by atomic mass is 32.2. The molecule has 8 heteroatoms. The van der Waals surface area contributed by atoms with Gasteiger partial charge in [0.1, 0.15) is 0 Å². The van der Waals surface area contributed by atoms with Crippen molar-refractivity contribution in [2.24, 2.45) is 0 Å². The van der Waals surface area contributed by atoms with E-state index in [1.807, 2.05) is 4.90 Å². The van der Waals surface area contributed by atoms with Crippen LogP contribution in [0.3, 0.4) is 0 Å². The molecule has 0 radical (unpaired) electrons. The van der Waals surface area contributed by atoms with E-state index in [1.54, 1.807) is 28.9 Å². The summed E-state index contributed by atoms with van der Waals surface area (Å²) in [6.07, 6.45) is 3.29. The van der Waals surface area contributed by atoms with E-state index in [2.05, 4.69) is 29.4 Å². The molecule has 1 aliphatic rings. The minimum Gasteiger partial charge on any atom is -0.337 e. The number of rotatable bonds is 5. The molecule has 2 heterocycles. The Hall–Kier alpha value is -2.22. The van der Waals surface area contributed by atoms with Gasteiger partial charge in [0, 0.05) is 17.6 Å². The number of benzene rings is 1. The Bertz CT molecular complexity index is 779. The largest absolute Gasteiger partial charge is 0.337 e. The van der Waals surface area contributed by atoms with Crippen molar-refractivity contribution in [3.8, 4) is 5.69 Å². The quantitative estimate of drug-likeness (QED) is 0.592. The topological polar surface area (TPSA) is 81.0 Å². The molecular formula is C18H23N5O2S. The molecule has 2 unspecified atom stereocenters. The average Bonchev–Trinajstić information content (AvgIpc) is 3.08. The second-order valence-electron chi connectivity index (χ2n) is 6.69. The molecule has 1 aromatic carbocycles. The third kappa shape index (κ3) is 3.95. The molecule has 1 fully saturated rings. The molecule has 1 amide bonds. The van der Waals surface area contributed by atoms with Crippen molar-refractivity contribution >= 4 is 23.5 Å². The van der Waals surface area contributed by atoms with Gasteiger partial charge in [-0.2, -0.15) is 4.68 Å². The fourth-order valence-electron chi connectivity index (χ4n) is 3.38. The number of nitrogens with zero attached hydrogens (tertiary/aromatic N) is 5. The first kappa shape index (κ1) is 18.6. The van der Waals surface area contributed by atoms with Crippen LogP contribution in [-0.2, 0) is 4.79 Å². The van der Waals surface area contributed by atoms with Gasteiger partial charge in [-0.25, -0.2) is 0 Å². The molecule has 3 rings (SSSR count). The summed E-state index contributed by atoms with van der Waals surface area (Å²) in [5.41, 5.74) is 1.40. The Labute approximate surface area is 157 Å². The number of Topliss-reactive ketones (excluding diaryl/α,β-unsaturated/α-hetero) is 1. The van der Waals surface area contributed by atoms with Crippen molar-refractivity contribution < 1.29 is 9.59 Å². The lowest BCUT2D eigenvalue weighted by Gasteiger charge is -2.39. The Morgan fingerprint density at radius 2 is 1.81 bits per heavy atom. The first-order valence-corrected chi connectivity index (χ1v) is 9.79. The predicted molar refractivity (Wildman–Crippen MR) is 99.5 cm³/mol. The number of hydrogen-bond acceptors (Lipinski definition) is 6. The maximum atomic E-state index is 12.7. The second-order valence-corrected chi connectivity index (χ2v) is 7.64. The molecule has 2 atom stereocenters. The molecular weight excluding hydrogens is 350 g/mol. The molecule has 0 bridgehead atoms. The van der Waals surface area contributed by atoms with Gasteiger partial charge >= 0.3 is 0 Å². The first-order valence-electron chi connectivity index (χ1n) is 8.81. The lowest BCUT2D eigenvalue weighted by molar-refractivity contribution is -0.134. The van der Waals surface area contributed by atoms with Crippen molar-refractivity contribution in [1.29, 1.82) is 0 Å². The van der Waals surface area contributed by atoms with Gasteiger partial charge in [0.2, 0.25) is 11.1 Å². The van der Waals surface area contributed by atoms with E-state index in [9.17, 15) is 9.59 Å². The van der Waals surface area contributed by atoms with Crippen LogP contribution in [0.4, 0.5) is 0 Å². The van der Waals surface area contributed by atoms with Crippen LogP contribution in [0.2, 0.25) is 0 Å². The first-order chi connectivity index (χ1) is 12.5. The van der Waals surface area contributed by atoms with Gasteiger partial charge in [-0.15, -0.1) is 5.10 Å². The number of thioether (sulfide) groups is 1. The molecule has 0 saturated carbocycles. The number of likely N-dealkylation sites (tertiary alicyclic amines) is 1. The zero-order chi connectivity index (χ0) is 18.7. The van der Waals surface area contributed by atoms with Gasteiger partial charge in [-0.3, -0.25) is 9.59 Å². The third-order valence-corrected chi connectivity index (χ3v) is 5.67. The van der Waals surface area contributed by atoms with Crippen LogP contribution >= 0.6 is 11.8 Å². The Morgan fingerprint density at radius 3 is 2.42 bits per heavy atom. The Morgan fingerprint density at radius 1 is 1.15 bits per heavy atom. The van der Waals surface area contributed by atoms with Crippen LogP contribution < -0.4 is 0 Å². The summed E-state index contributed by atoms with van der Waals surface area (Å²) in [4.78, 5) is 26.1. The number of carbonyl (C=O) groups is 2. The summed E-state index contributed by atoms with van der Waals surface area (Å²) in [5.74, 6) is 0.440. The molecule has 7 nitrogen and oxygen atoms in total. The van der Waals surface area contributed by atoms with E-state index in [-0.39, 0.29) is 23.8 Å². The maximum absolute atomic E-state index is 12.7. The number of piperidine rings is 1. The van der Waals surface area contributed by atoms with Crippen LogP contribution in [0, 0.1) is 0 Å². The molecule has 0 spiro atoms. The second kappa shape index (κ2) is 7.99. The molecule has 1 aromatic heterocycles. The highest BCUT2D eigenvalue weighted by molar-refractivity contribution is 7.99. The van der Waals surface area contributed by atoms with E-state index in [0.29, 0.717) is 16.5 Å². The lowest BCUT2D eigenvalue weighted by atomic mass is 9.98. The van der Waals surface area contributed by atoms with Crippen molar-refractivity contribution in [3.63, 3.8) is 0 Å². The number of ketones is 1. The molecule has 138 valence electrons. The van der Waals surface area contributed by atoms with E-state index in [1.165, 1.54) is 25.1 Å².